The smallest absolute Gasteiger partial charge is 0.186 e. The van der Waals surface area contributed by atoms with E-state index < -0.39 is 0 Å². The van der Waals surface area contributed by atoms with Crippen molar-refractivity contribution in [2.45, 2.75) is 40.4 Å². The molecule has 1 aliphatic heterocycles. The van der Waals surface area contributed by atoms with E-state index in [9.17, 15) is 0 Å². The maximum Gasteiger partial charge on any atom is 0.186 e. The van der Waals surface area contributed by atoms with Gasteiger partial charge >= 0.3 is 0 Å². The SMILES string of the molecule is Cc1nc(N2Cc3ccccc3C2)sc1CNCC(C)C. The Morgan fingerprint density at radius 2 is 1.90 bits per heavy atom. The van der Waals surface area contributed by atoms with Crippen LogP contribution >= 0.6 is 11.3 Å². The quantitative estimate of drug-likeness (QED) is 0.912. The maximum absolute atomic E-state index is 4.78. The van der Waals surface area contributed by atoms with Gasteiger partial charge in [-0.1, -0.05) is 38.1 Å². The second-order valence-corrected chi connectivity index (χ2v) is 7.22. The Balaban J connectivity index is 1.68. The van der Waals surface area contributed by atoms with Crippen LogP contribution in [0.2, 0.25) is 0 Å². The van der Waals surface area contributed by atoms with Gasteiger partial charge in [0.05, 0.1) is 5.69 Å². The van der Waals surface area contributed by atoms with Gasteiger partial charge in [0.2, 0.25) is 0 Å². The zero-order chi connectivity index (χ0) is 14.8. The average molecular weight is 301 g/mol. The van der Waals surface area contributed by atoms with Crippen molar-refractivity contribution in [1.82, 2.24) is 10.3 Å². The van der Waals surface area contributed by atoms with Crippen molar-refractivity contribution < 1.29 is 0 Å². The number of aryl methyl sites for hydroxylation is 1. The summed E-state index contributed by atoms with van der Waals surface area (Å²) in [4.78, 5) is 8.52. The zero-order valence-corrected chi connectivity index (χ0v) is 13.8. The Bertz CT molecular complexity index is 593. The van der Waals surface area contributed by atoms with E-state index in [0.29, 0.717) is 5.92 Å². The summed E-state index contributed by atoms with van der Waals surface area (Å²) in [5, 5.41) is 4.67. The molecular formula is C17H23N3S. The fraction of sp³-hybridized carbons (Fsp3) is 0.471. The van der Waals surface area contributed by atoms with Gasteiger partial charge in [0.1, 0.15) is 0 Å². The number of fused-ring (bicyclic) bond motifs is 1. The molecule has 1 N–H and O–H groups in total. The molecule has 0 saturated carbocycles. The van der Waals surface area contributed by atoms with Gasteiger partial charge in [0.25, 0.3) is 0 Å². The van der Waals surface area contributed by atoms with Gasteiger partial charge in [0.15, 0.2) is 5.13 Å². The molecule has 0 spiro atoms. The number of benzene rings is 1. The number of nitrogens with one attached hydrogen (secondary N) is 1. The summed E-state index contributed by atoms with van der Waals surface area (Å²) >= 11 is 1.83. The number of aromatic nitrogens is 1. The van der Waals surface area contributed by atoms with E-state index in [1.807, 2.05) is 11.3 Å². The molecule has 0 atom stereocenters. The molecule has 0 amide bonds. The molecule has 21 heavy (non-hydrogen) atoms. The minimum Gasteiger partial charge on any atom is -0.339 e. The second-order valence-electron chi connectivity index (χ2n) is 6.15. The number of thiazole rings is 1. The van der Waals surface area contributed by atoms with Gasteiger partial charge in [-0.05, 0) is 30.5 Å². The molecule has 1 aromatic heterocycles. The van der Waals surface area contributed by atoms with E-state index in [-0.39, 0.29) is 0 Å². The fourth-order valence-corrected chi connectivity index (χ4v) is 3.68. The van der Waals surface area contributed by atoms with Crippen LogP contribution in [0.15, 0.2) is 24.3 Å². The lowest BCUT2D eigenvalue weighted by atomic mass is 10.1. The Hall–Kier alpha value is -1.39. The summed E-state index contributed by atoms with van der Waals surface area (Å²) in [6.45, 7) is 10.6. The molecule has 2 aromatic rings. The van der Waals surface area contributed by atoms with Gasteiger partial charge < -0.3 is 10.2 Å². The predicted molar refractivity (Wildman–Crippen MR) is 89.7 cm³/mol. The predicted octanol–water partition coefficient (Wildman–Crippen LogP) is 3.72. The molecule has 112 valence electrons. The molecule has 3 rings (SSSR count). The third-order valence-electron chi connectivity index (χ3n) is 3.83. The lowest BCUT2D eigenvalue weighted by molar-refractivity contribution is 0.554. The summed E-state index contributed by atoms with van der Waals surface area (Å²) in [6.07, 6.45) is 0. The zero-order valence-electron chi connectivity index (χ0n) is 13.0. The first-order valence-electron chi connectivity index (χ1n) is 7.62. The summed E-state index contributed by atoms with van der Waals surface area (Å²) < 4.78 is 0. The second kappa shape index (κ2) is 6.16. The Kier molecular flexibility index (Phi) is 4.27. The van der Waals surface area contributed by atoms with Crippen molar-refractivity contribution in [3.8, 4) is 0 Å². The monoisotopic (exact) mass is 301 g/mol. The van der Waals surface area contributed by atoms with Crippen LogP contribution < -0.4 is 10.2 Å². The lowest BCUT2D eigenvalue weighted by Gasteiger charge is -2.12. The largest absolute Gasteiger partial charge is 0.339 e. The fourth-order valence-electron chi connectivity index (χ4n) is 2.65. The third kappa shape index (κ3) is 3.27. The minimum atomic E-state index is 0.686. The number of anilines is 1. The van der Waals surface area contributed by atoms with Crippen LogP contribution in [0.5, 0.6) is 0 Å². The van der Waals surface area contributed by atoms with E-state index in [1.54, 1.807) is 0 Å². The molecule has 0 fully saturated rings. The summed E-state index contributed by atoms with van der Waals surface area (Å²) in [7, 11) is 0. The highest BCUT2D eigenvalue weighted by molar-refractivity contribution is 7.15. The summed E-state index contributed by atoms with van der Waals surface area (Å²) in [5.74, 6) is 0.686. The molecular weight excluding hydrogens is 278 g/mol. The number of hydrogen-bond acceptors (Lipinski definition) is 4. The standard InChI is InChI=1S/C17H23N3S/c1-12(2)8-18-9-16-13(3)19-17(21-16)20-10-14-6-4-5-7-15(14)11-20/h4-7,12,18H,8-11H2,1-3H3. The van der Waals surface area contributed by atoms with Gasteiger partial charge in [0, 0.05) is 24.5 Å². The van der Waals surface area contributed by atoms with Crippen molar-refractivity contribution in [1.29, 1.82) is 0 Å². The van der Waals surface area contributed by atoms with Gasteiger partial charge in [-0.3, -0.25) is 0 Å². The van der Waals surface area contributed by atoms with Gasteiger partial charge in [-0.25, -0.2) is 4.98 Å². The number of nitrogens with zero attached hydrogens (tertiary/aromatic N) is 2. The number of rotatable bonds is 5. The highest BCUT2D eigenvalue weighted by Gasteiger charge is 2.21. The van der Waals surface area contributed by atoms with E-state index in [4.69, 9.17) is 4.98 Å². The summed E-state index contributed by atoms with van der Waals surface area (Å²) in [5.41, 5.74) is 4.04. The van der Waals surface area contributed by atoms with Crippen LogP contribution in [0.4, 0.5) is 5.13 Å². The molecule has 0 bridgehead atoms. The van der Waals surface area contributed by atoms with Crippen LogP contribution in [-0.4, -0.2) is 11.5 Å². The molecule has 1 aliphatic rings. The van der Waals surface area contributed by atoms with Crippen LogP contribution in [-0.2, 0) is 19.6 Å². The average Bonchev–Trinajstić information content (AvgIpc) is 3.02. The molecule has 1 aromatic carbocycles. The van der Waals surface area contributed by atoms with Crippen LogP contribution in [0.1, 0.15) is 35.5 Å². The molecule has 2 heterocycles. The van der Waals surface area contributed by atoms with Gasteiger partial charge in [-0.15, -0.1) is 11.3 Å². The first-order chi connectivity index (χ1) is 10.1. The van der Waals surface area contributed by atoms with E-state index in [2.05, 4.69) is 55.3 Å². The first-order valence-corrected chi connectivity index (χ1v) is 8.44. The van der Waals surface area contributed by atoms with E-state index in [0.717, 1.165) is 31.3 Å². The highest BCUT2D eigenvalue weighted by atomic mass is 32.1. The van der Waals surface area contributed by atoms with E-state index in [1.165, 1.54) is 21.7 Å². The van der Waals surface area contributed by atoms with Crippen molar-refractivity contribution >= 4 is 16.5 Å². The molecule has 3 nitrogen and oxygen atoms in total. The molecule has 0 saturated heterocycles. The summed E-state index contributed by atoms with van der Waals surface area (Å²) in [6, 6.07) is 8.69. The third-order valence-corrected chi connectivity index (χ3v) is 5.05. The molecule has 0 radical (unpaired) electrons. The Morgan fingerprint density at radius 3 is 2.52 bits per heavy atom. The topological polar surface area (TPSA) is 28.2 Å². The van der Waals surface area contributed by atoms with Crippen LogP contribution in [0.3, 0.4) is 0 Å². The van der Waals surface area contributed by atoms with Crippen molar-refractivity contribution in [3.05, 3.63) is 46.0 Å². The highest BCUT2D eigenvalue weighted by Crippen LogP contribution is 2.32. The van der Waals surface area contributed by atoms with Crippen molar-refractivity contribution in [3.63, 3.8) is 0 Å². The van der Waals surface area contributed by atoms with E-state index >= 15 is 0 Å². The Morgan fingerprint density at radius 1 is 1.24 bits per heavy atom. The molecule has 0 unspecified atom stereocenters. The van der Waals surface area contributed by atoms with Crippen molar-refractivity contribution in [2.24, 2.45) is 5.92 Å². The van der Waals surface area contributed by atoms with Gasteiger partial charge in [-0.2, -0.15) is 0 Å². The first kappa shape index (κ1) is 14.5. The maximum atomic E-state index is 4.78. The van der Waals surface area contributed by atoms with Crippen molar-refractivity contribution in [2.75, 3.05) is 11.4 Å². The number of hydrogen-bond donors (Lipinski definition) is 1. The van der Waals surface area contributed by atoms with Crippen LogP contribution in [0, 0.1) is 12.8 Å². The Labute approximate surface area is 131 Å². The van der Waals surface area contributed by atoms with Crippen LogP contribution in [0.25, 0.3) is 0 Å². The minimum absolute atomic E-state index is 0.686. The normalized spacial score (nSPS) is 14.0. The molecule has 0 aliphatic carbocycles. The lowest BCUT2D eigenvalue weighted by Crippen LogP contribution is -2.18. The molecule has 4 heteroatoms.